The molecule has 0 aromatic heterocycles. The van der Waals surface area contributed by atoms with Crippen molar-refractivity contribution in [1.82, 2.24) is 4.72 Å². The molecule has 21 heavy (non-hydrogen) atoms. The Bertz CT molecular complexity index is 695. The molecule has 0 saturated carbocycles. The summed E-state index contributed by atoms with van der Waals surface area (Å²) < 4.78 is 31.6. The summed E-state index contributed by atoms with van der Waals surface area (Å²) in [7, 11) is -2.90. The van der Waals surface area contributed by atoms with Crippen LogP contribution in [-0.2, 0) is 10.0 Å². The number of benzene rings is 1. The third-order valence-corrected chi connectivity index (χ3v) is 4.61. The second kappa shape index (κ2) is 6.07. The second-order valence-corrected chi connectivity index (χ2v) is 6.14. The standard InChI is InChI=1S/C12H15N3O5S/c1-4-12(2,8-13)14-21(18,19)11-6-5-9(20-3)7-10(11)15(16)17/h5-7,14H,4H2,1-3H3. The van der Waals surface area contributed by atoms with Crippen LogP contribution in [0.4, 0.5) is 5.69 Å². The number of methoxy groups -OCH3 is 1. The van der Waals surface area contributed by atoms with Gasteiger partial charge in [0, 0.05) is 0 Å². The maximum atomic E-state index is 12.3. The van der Waals surface area contributed by atoms with Crippen molar-refractivity contribution in [3.63, 3.8) is 0 Å². The highest BCUT2D eigenvalue weighted by Crippen LogP contribution is 2.29. The van der Waals surface area contributed by atoms with E-state index in [4.69, 9.17) is 10.00 Å². The van der Waals surface area contributed by atoms with Gasteiger partial charge in [-0.3, -0.25) is 10.1 Å². The van der Waals surface area contributed by atoms with E-state index in [-0.39, 0.29) is 12.2 Å². The number of nitrogens with one attached hydrogen (secondary N) is 1. The van der Waals surface area contributed by atoms with Crippen molar-refractivity contribution < 1.29 is 18.1 Å². The van der Waals surface area contributed by atoms with Gasteiger partial charge in [-0.25, -0.2) is 8.42 Å². The quantitative estimate of drug-likeness (QED) is 0.628. The monoisotopic (exact) mass is 313 g/mol. The molecule has 9 heteroatoms. The van der Waals surface area contributed by atoms with Gasteiger partial charge >= 0.3 is 0 Å². The smallest absolute Gasteiger partial charge is 0.293 e. The summed E-state index contributed by atoms with van der Waals surface area (Å²) in [5, 5.41) is 20.1. The lowest BCUT2D eigenvalue weighted by Crippen LogP contribution is -2.44. The van der Waals surface area contributed by atoms with Gasteiger partial charge in [-0.2, -0.15) is 9.98 Å². The Morgan fingerprint density at radius 3 is 2.57 bits per heavy atom. The first-order valence-corrected chi connectivity index (χ1v) is 7.45. The third kappa shape index (κ3) is 3.68. The molecule has 0 aliphatic carbocycles. The number of ether oxygens (including phenoxy) is 1. The van der Waals surface area contributed by atoms with E-state index in [1.807, 2.05) is 6.07 Å². The Hall–Kier alpha value is -2.18. The molecule has 114 valence electrons. The van der Waals surface area contributed by atoms with Crippen molar-refractivity contribution in [2.75, 3.05) is 7.11 Å². The molecule has 0 bridgehead atoms. The van der Waals surface area contributed by atoms with Crippen molar-refractivity contribution in [2.45, 2.75) is 30.7 Å². The van der Waals surface area contributed by atoms with E-state index in [0.29, 0.717) is 0 Å². The Morgan fingerprint density at radius 1 is 1.52 bits per heavy atom. The highest BCUT2D eigenvalue weighted by Gasteiger charge is 2.33. The average molecular weight is 313 g/mol. The minimum absolute atomic E-state index is 0.166. The summed E-state index contributed by atoms with van der Waals surface area (Å²) in [6.07, 6.45) is 0.215. The van der Waals surface area contributed by atoms with Crippen LogP contribution >= 0.6 is 0 Å². The molecule has 0 saturated heterocycles. The predicted octanol–water partition coefficient (Wildman–Crippen LogP) is 1.57. The minimum atomic E-state index is -4.21. The zero-order chi connectivity index (χ0) is 16.3. The Labute approximate surface area is 122 Å². The number of rotatable bonds is 6. The van der Waals surface area contributed by atoms with Gasteiger partial charge in [0.05, 0.1) is 24.2 Å². The lowest BCUT2D eigenvalue weighted by Gasteiger charge is -2.21. The van der Waals surface area contributed by atoms with E-state index in [0.717, 1.165) is 12.1 Å². The van der Waals surface area contributed by atoms with Crippen LogP contribution in [0.5, 0.6) is 5.75 Å². The molecule has 0 radical (unpaired) electrons. The van der Waals surface area contributed by atoms with Crippen LogP contribution < -0.4 is 9.46 Å². The fourth-order valence-corrected chi connectivity index (χ4v) is 3.07. The fourth-order valence-electron chi connectivity index (χ4n) is 1.52. The summed E-state index contributed by atoms with van der Waals surface area (Å²) in [6.45, 7) is 3.04. The summed E-state index contributed by atoms with van der Waals surface area (Å²) in [4.78, 5) is 9.71. The van der Waals surface area contributed by atoms with E-state index in [1.165, 1.54) is 20.1 Å². The van der Waals surface area contributed by atoms with Gasteiger partial charge in [0.1, 0.15) is 11.3 Å². The lowest BCUT2D eigenvalue weighted by molar-refractivity contribution is -0.387. The van der Waals surface area contributed by atoms with Crippen molar-refractivity contribution in [1.29, 1.82) is 5.26 Å². The molecule has 0 aliphatic heterocycles. The molecule has 0 fully saturated rings. The van der Waals surface area contributed by atoms with Gasteiger partial charge in [0.2, 0.25) is 10.0 Å². The number of nitro groups is 1. The zero-order valence-corrected chi connectivity index (χ0v) is 12.6. The minimum Gasteiger partial charge on any atom is -0.497 e. The summed E-state index contributed by atoms with van der Waals surface area (Å²) in [5.41, 5.74) is -1.95. The molecular formula is C12H15N3O5S. The topological polar surface area (TPSA) is 122 Å². The molecule has 1 atom stereocenters. The first-order chi connectivity index (χ1) is 9.69. The number of nitrogens with zero attached hydrogens (tertiary/aromatic N) is 2. The average Bonchev–Trinajstić information content (AvgIpc) is 2.45. The van der Waals surface area contributed by atoms with E-state index >= 15 is 0 Å². The first-order valence-electron chi connectivity index (χ1n) is 5.97. The highest BCUT2D eigenvalue weighted by molar-refractivity contribution is 7.89. The Balaban J connectivity index is 3.39. The fraction of sp³-hybridized carbons (Fsp3) is 0.417. The molecule has 1 N–H and O–H groups in total. The van der Waals surface area contributed by atoms with Crippen LogP contribution in [0.1, 0.15) is 20.3 Å². The van der Waals surface area contributed by atoms with Crippen molar-refractivity contribution in [2.24, 2.45) is 0 Å². The number of sulfonamides is 1. The van der Waals surface area contributed by atoms with Crippen molar-refractivity contribution >= 4 is 15.7 Å². The summed E-state index contributed by atoms with van der Waals surface area (Å²) >= 11 is 0. The SMILES string of the molecule is CCC(C)(C#N)NS(=O)(=O)c1ccc(OC)cc1[N+](=O)[O-]. The molecule has 1 rings (SSSR count). The molecule has 8 nitrogen and oxygen atoms in total. The zero-order valence-electron chi connectivity index (χ0n) is 11.8. The molecule has 0 aliphatic rings. The summed E-state index contributed by atoms with van der Waals surface area (Å²) in [5.74, 6) is 0.166. The van der Waals surface area contributed by atoms with E-state index in [9.17, 15) is 18.5 Å². The number of hydrogen-bond donors (Lipinski definition) is 1. The maximum Gasteiger partial charge on any atom is 0.293 e. The van der Waals surface area contributed by atoms with Gasteiger partial charge in [0.25, 0.3) is 5.69 Å². The molecular weight excluding hydrogens is 298 g/mol. The molecule has 0 heterocycles. The van der Waals surface area contributed by atoms with Gasteiger partial charge < -0.3 is 4.74 Å². The predicted molar refractivity (Wildman–Crippen MR) is 74.3 cm³/mol. The van der Waals surface area contributed by atoms with E-state index in [2.05, 4.69) is 4.72 Å². The van der Waals surface area contributed by atoms with Crippen LogP contribution in [0.3, 0.4) is 0 Å². The van der Waals surface area contributed by atoms with Gasteiger partial charge in [0.15, 0.2) is 4.90 Å². The highest BCUT2D eigenvalue weighted by atomic mass is 32.2. The van der Waals surface area contributed by atoms with Crippen LogP contribution in [0.25, 0.3) is 0 Å². The Kier molecular flexibility index (Phi) is 4.88. The molecule has 0 spiro atoms. The Morgan fingerprint density at radius 2 is 2.14 bits per heavy atom. The normalized spacial score (nSPS) is 14.0. The van der Waals surface area contributed by atoms with Gasteiger partial charge in [-0.15, -0.1) is 0 Å². The lowest BCUT2D eigenvalue weighted by atomic mass is 10.0. The second-order valence-electron chi connectivity index (χ2n) is 4.49. The van der Waals surface area contributed by atoms with Crippen molar-refractivity contribution in [3.05, 3.63) is 28.3 Å². The van der Waals surface area contributed by atoms with Crippen LogP contribution in [-0.4, -0.2) is 26.0 Å². The van der Waals surface area contributed by atoms with Gasteiger partial charge in [-0.1, -0.05) is 6.92 Å². The van der Waals surface area contributed by atoms with Crippen LogP contribution in [0.15, 0.2) is 23.1 Å². The molecule has 0 amide bonds. The van der Waals surface area contributed by atoms with Crippen LogP contribution in [0.2, 0.25) is 0 Å². The molecule has 1 aromatic carbocycles. The molecule has 1 unspecified atom stereocenters. The largest absolute Gasteiger partial charge is 0.497 e. The van der Waals surface area contributed by atoms with Crippen molar-refractivity contribution in [3.8, 4) is 11.8 Å². The van der Waals surface area contributed by atoms with Gasteiger partial charge in [-0.05, 0) is 25.5 Å². The third-order valence-electron chi connectivity index (χ3n) is 2.97. The number of nitriles is 1. The first kappa shape index (κ1) is 16.9. The molecule has 1 aromatic rings. The summed E-state index contributed by atoms with van der Waals surface area (Å²) in [6, 6.07) is 5.24. The van der Waals surface area contributed by atoms with Crippen LogP contribution in [0, 0.1) is 21.4 Å². The maximum absolute atomic E-state index is 12.3. The number of hydrogen-bond acceptors (Lipinski definition) is 6. The van der Waals surface area contributed by atoms with E-state index in [1.54, 1.807) is 6.92 Å². The number of nitro benzene ring substituents is 1. The van der Waals surface area contributed by atoms with E-state index < -0.39 is 31.1 Å².